The van der Waals surface area contributed by atoms with Gasteiger partial charge >= 0.3 is 0 Å². The largest absolute Gasteiger partial charge is 0.397 e. The Morgan fingerprint density at radius 1 is 1.62 bits per heavy atom. The number of nitrogens with zero attached hydrogens (tertiary/aromatic N) is 1. The second kappa shape index (κ2) is 3.71. The predicted molar refractivity (Wildman–Crippen MR) is 51.6 cm³/mol. The van der Waals surface area contributed by atoms with E-state index in [1.165, 1.54) is 12.2 Å². The van der Waals surface area contributed by atoms with Crippen molar-refractivity contribution >= 4 is 17.7 Å². The van der Waals surface area contributed by atoms with Gasteiger partial charge in [0.25, 0.3) is 0 Å². The number of rotatable bonds is 2. The number of carbonyl (C=O) groups excluding carboxylic acids is 1. The minimum absolute atomic E-state index is 0.511. The summed E-state index contributed by atoms with van der Waals surface area (Å²) in [7, 11) is 0. The SMILES string of the molecule is Cc1ccnc(C=CC(N)=O)c1N. The zero-order valence-corrected chi connectivity index (χ0v) is 7.32. The van der Waals surface area contributed by atoms with Crippen LogP contribution in [0.3, 0.4) is 0 Å². The lowest BCUT2D eigenvalue weighted by Crippen LogP contribution is -2.05. The van der Waals surface area contributed by atoms with Crippen LogP contribution >= 0.6 is 0 Å². The zero-order chi connectivity index (χ0) is 9.84. The van der Waals surface area contributed by atoms with Crippen molar-refractivity contribution in [2.75, 3.05) is 5.73 Å². The first-order chi connectivity index (χ1) is 6.11. The van der Waals surface area contributed by atoms with Gasteiger partial charge in [0, 0.05) is 12.3 Å². The Morgan fingerprint density at radius 2 is 2.31 bits per heavy atom. The van der Waals surface area contributed by atoms with E-state index in [2.05, 4.69) is 4.98 Å². The molecule has 0 saturated heterocycles. The maximum absolute atomic E-state index is 10.4. The van der Waals surface area contributed by atoms with Gasteiger partial charge in [-0.3, -0.25) is 9.78 Å². The Hall–Kier alpha value is -1.84. The lowest BCUT2D eigenvalue weighted by Gasteiger charge is -2.01. The van der Waals surface area contributed by atoms with Crippen LogP contribution in [-0.4, -0.2) is 10.9 Å². The molecule has 0 aliphatic carbocycles. The van der Waals surface area contributed by atoms with Gasteiger partial charge in [-0.1, -0.05) is 0 Å². The molecule has 0 saturated carbocycles. The minimum Gasteiger partial charge on any atom is -0.397 e. The Labute approximate surface area is 76.3 Å². The number of amides is 1. The molecule has 0 bridgehead atoms. The molecular weight excluding hydrogens is 166 g/mol. The third-order valence-electron chi connectivity index (χ3n) is 1.64. The van der Waals surface area contributed by atoms with E-state index in [0.29, 0.717) is 11.4 Å². The van der Waals surface area contributed by atoms with E-state index >= 15 is 0 Å². The molecule has 1 amide bonds. The number of pyridine rings is 1. The third-order valence-corrected chi connectivity index (χ3v) is 1.64. The molecule has 0 fully saturated rings. The molecular formula is C9H11N3O. The van der Waals surface area contributed by atoms with Crippen molar-refractivity contribution in [2.24, 2.45) is 5.73 Å². The van der Waals surface area contributed by atoms with E-state index in [9.17, 15) is 4.79 Å². The quantitative estimate of drug-likeness (QED) is 0.644. The Bertz CT molecular complexity index is 358. The topological polar surface area (TPSA) is 82.0 Å². The average Bonchev–Trinajstić information content (AvgIpc) is 2.07. The number of nitrogens with two attached hydrogens (primary N) is 2. The lowest BCUT2D eigenvalue weighted by molar-refractivity contribution is -0.113. The van der Waals surface area contributed by atoms with Crippen LogP contribution in [0.5, 0.6) is 0 Å². The number of carbonyl (C=O) groups is 1. The van der Waals surface area contributed by atoms with Gasteiger partial charge in [-0.15, -0.1) is 0 Å². The van der Waals surface area contributed by atoms with E-state index < -0.39 is 5.91 Å². The van der Waals surface area contributed by atoms with Gasteiger partial charge in [0.2, 0.25) is 5.91 Å². The molecule has 0 spiro atoms. The summed E-state index contributed by atoms with van der Waals surface area (Å²) in [6.07, 6.45) is 4.37. The molecule has 4 N–H and O–H groups in total. The number of aryl methyl sites for hydroxylation is 1. The fraction of sp³-hybridized carbons (Fsp3) is 0.111. The van der Waals surface area contributed by atoms with Crippen LogP contribution in [0.15, 0.2) is 18.3 Å². The first-order valence-corrected chi connectivity index (χ1v) is 3.80. The number of primary amides is 1. The summed E-state index contributed by atoms with van der Waals surface area (Å²) in [5.74, 6) is -0.511. The zero-order valence-electron chi connectivity index (χ0n) is 7.32. The number of hydrogen-bond donors (Lipinski definition) is 2. The first kappa shape index (κ1) is 9.25. The molecule has 1 aromatic rings. The van der Waals surface area contributed by atoms with Crippen LogP contribution < -0.4 is 11.5 Å². The average molecular weight is 177 g/mol. The Kier molecular flexibility index (Phi) is 2.64. The van der Waals surface area contributed by atoms with Crippen LogP contribution in [-0.2, 0) is 4.79 Å². The number of aromatic nitrogens is 1. The molecule has 0 radical (unpaired) electrons. The molecule has 13 heavy (non-hydrogen) atoms. The summed E-state index contributed by atoms with van der Waals surface area (Å²) in [6, 6.07) is 1.80. The molecule has 0 aliphatic rings. The minimum atomic E-state index is -0.511. The Morgan fingerprint density at radius 3 is 2.92 bits per heavy atom. The number of hydrogen-bond acceptors (Lipinski definition) is 3. The summed E-state index contributed by atoms with van der Waals surface area (Å²) in [5, 5.41) is 0. The van der Waals surface area contributed by atoms with E-state index in [0.717, 1.165) is 5.56 Å². The van der Waals surface area contributed by atoms with E-state index in [-0.39, 0.29) is 0 Å². The van der Waals surface area contributed by atoms with Gasteiger partial charge in [0.05, 0.1) is 11.4 Å². The number of nitrogen functional groups attached to an aromatic ring is 1. The summed E-state index contributed by atoms with van der Waals surface area (Å²) >= 11 is 0. The lowest BCUT2D eigenvalue weighted by atomic mass is 10.2. The second-order valence-electron chi connectivity index (χ2n) is 2.66. The van der Waals surface area contributed by atoms with Crippen molar-refractivity contribution in [3.63, 3.8) is 0 Å². The number of anilines is 1. The maximum Gasteiger partial charge on any atom is 0.241 e. The molecule has 4 heteroatoms. The smallest absolute Gasteiger partial charge is 0.241 e. The highest BCUT2D eigenvalue weighted by Gasteiger charge is 1.98. The van der Waals surface area contributed by atoms with E-state index in [1.54, 1.807) is 12.3 Å². The standard InChI is InChI=1S/C9H11N3O/c1-6-4-5-12-7(9(6)11)2-3-8(10)13/h2-5H,11H2,1H3,(H2,10,13). The van der Waals surface area contributed by atoms with Crippen LogP contribution in [0, 0.1) is 6.92 Å². The van der Waals surface area contributed by atoms with E-state index in [1.807, 2.05) is 6.92 Å². The van der Waals surface area contributed by atoms with Crippen LogP contribution in [0.25, 0.3) is 6.08 Å². The highest BCUT2D eigenvalue weighted by Crippen LogP contribution is 2.14. The molecule has 0 atom stereocenters. The van der Waals surface area contributed by atoms with Gasteiger partial charge in [0.1, 0.15) is 0 Å². The maximum atomic E-state index is 10.4. The molecule has 1 aromatic heterocycles. The summed E-state index contributed by atoms with van der Waals surface area (Å²) < 4.78 is 0. The second-order valence-corrected chi connectivity index (χ2v) is 2.66. The van der Waals surface area contributed by atoms with Crippen molar-refractivity contribution < 1.29 is 4.79 Å². The van der Waals surface area contributed by atoms with Crippen LogP contribution in [0.1, 0.15) is 11.3 Å². The molecule has 1 rings (SSSR count). The van der Waals surface area contributed by atoms with Crippen molar-refractivity contribution in [1.29, 1.82) is 0 Å². The van der Waals surface area contributed by atoms with Crippen molar-refractivity contribution in [3.8, 4) is 0 Å². The summed E-state index contributed by atoms with van der Waals surface area (Å²) in [4.78, 5) is 14.4. The highest BCUT2D eigenvalue weighted by molar-refractivity contribution is 5.90. The highest BCUT2D eigenvalue weighted by atomic mass is 16.1. The van der Waals surface area contributed by atoms with Crippen LogP contribution in [0.2, 0.25) is 0 Å². The van der Waals surface area contributed by atoms with Crippen molar-refractivity contribution in [1.82, 2.24) is 4.98 Å². The molecule has 4 nitrogen and oxygen atoms in total. The van der Waals surface area contributed by atoms with Gasteiger partial charge < -0.3 is 11.5 Å². The van der Waals surface area contributed by atoms with Gasteiger partial charge in [-0.25, -0.2) is 0 Å². The molecule has 0 aromatic carbocycles. The summed E-state index contributed by atoms with van der Waals surface area (Å²) in [6.45, 7) is 1.87. The fourth-order valence-electron chi connectivity index (χ4n) is 0.885. The van der Waals surface area contributed by atoms with E-state index in [4.69, 9.17) is 11.5 Å². The predicted octanol–water partition coefficient (Wildman–Crippen LogP) is 0.471. The van der Waals surface area contributed by atoms with Gasteiger partial charge in [0.15, 0.2) is 0 Å². The van der Waals surface area contributed by atoms with Crippen molar-refractivity contribution in [2.45, 2.75) is 6.92 Å². The molecule has 68 valence electrons. The van der Waals surface area contributed by atoms with Gasteiger partial charge in [-0.05, 0) is 24.6 Å². The molecule has 0 aliphatic heterocycles. The van der Waals surface area contributed by atoms with Gasteiger partial charge in [-0.2, -0.15) is 0 Å². The third kappa shape index (κ3) is 2.30. The monoisotopic (exact) mass is 177 g/mol. The van der Waals surface area contributed by atoms with Crippen molar-refractivity contribution in [3.05, 3.63) is 29.6 Å². The molecule has 1 heterocycles. The molecule has 0 unspecified atom stereocenters. The summed E-state index contributed by atoms with van der Waals surface area (Å²) in [5.41, 5.74) is 12.7. The normalized spacial score (nSPS) is 10.5. The Balaban J connectivity index is 3.02. The van der Waals surface area contributed by atoms with Crippen LogP contribution in [0.4, 0.5) is 5.69 Å². The fourth-order valence-corrected chi connectivity index (χ4v) is 0.885. The first-order valence-electron chi connectivity index (χ1n) is 3.80.